The SMILES string of the molecule is CCC(C)NS(=O)(=O)c1ccc(C(=O)OC(C)C(=O)c2ccc(F)cc2)cc1. The molecule has 0 radical (unpaired) electrons. The largest absolute Gasteiger partial charge is 0.451 e. The number of carbonyl (C=O) groups excluding carboxylic acids is 2. The predicted octanol–water partition coefficient (Wildman–Crippen LogP) is 3.33. The van der Waals surface area contributed by atoms with Crippen molar-refractivity contribution in [2.24, 2.45) is 0 Å². The zero-order valence-corrected chi connectivity index (χ0v) is 16.6. The molecule has 0 saturated carbocycles. The van der Waals surface area contributed by atoms with Gasteiger partial charge in [-0.2, -0.15) is 0 Å². The van der Waals surface area contributed by atoms with Crippen molar-refractivity contribution < 1.29 is 27.1 Å². The second kappa shape index (κ2) is 9.07. The molecule has 0 bridgehead atoms. The Balaban J connectivity index is 2.06. The van der Waals surface area contributed by atoms with E-state index in [0.29, 0.717) is 6.42 Å². The van der Waals surface area contributed by atoms with E-state index >= 15 is 0 Å². The summed E-state index contributed by atoms with van der Waals surface area (Å²) in [6, 6.07) is 9.95. The zero-order chi connectivity index (χ0) is 20.9. The Labute approximate surface area is 163 Å². The van der Waals surface area contributed by atoms with Gasteiger partial charge in [0.2, 0.25) is 15.8 Å². The maximum atomic E-state index is 12.9. The van der Waals surface area contributed by atoms with Crippen LogP contribution in [0.3, 0.4) is 0 Å². The van der Waals surface area contributed by atoms with Crippen molar-refractivity contribution in [2.75, 3.05) is 0 Å². The van der Waals surface area contributed by atoms with Crippen LogP contribution < -0.4 is 4.72 Å². The molecule has 0 aliphatic carbocycles. The van der Waals surface area contributed by atoms with Gasteiger partial charge in [0.25, 0.3) is 0 Å². The Bertz CT molecular complexity index is 940. The van der Waals surface area contributed by atoms with Gasteiger partial charge in [0.1, 0.15) is 5.82 Å². The van der Waals surface area contributed by atoms with Crippen LogP contribution in [0.1, 0.15) is 47.9 Å². The van der Waals surface area contributed by atoms with Crippen LogP contribution in [0, 0.1) is 5.82 Å². The molecule has 0 heterocycles. The number of Topliss-reactive ketones (excluding diaryl/α,β-unsaturated/α-hetero) is 1. The van der Waals surface area contributed by atoms with Crippen molar-refractivity contribution in [1.82, 2.24) is 4.72 Å². The van der Waals surface area contributed by atoms with Gasteiger partial charge in [-0.1, -0.05) is 6.92 Å². The van der Waals surface area contributed by atoms with E-state index in [1.54, 1.807) is 6.92 Å². The van der Waals surface area contributed by atoms with Crippen molar-refractivity contribution in [1.29, 1.82) is 0 Å². The lowest BCUT2D eigenvalue weighted by atomic mass is 10.1. The lowest BCUT2D eigenvalue weighted by Gasteiger charge is -2.14. The van der Waals surface area contributed by atoms with E-state index in [-0.39, 0.29) is 22.1 Å². The first-order valence-electron chi connectivity index (χ1n) is 8.77. The smallest absolute Gasteiger partial charge is 0.338 e. The van der Waals surface area contributed by atoms with Crippen molar-refractivity contribution in [3.8, 4) is 0 Å². The molecule has 1 N–H and O–H groups in total. The molecule has 2 rings (SSSR count). The van der Waals surface area contributed by atoms with Crippen LogP contribution in [0.15, 0.2) is 53.4 Å². The van der Waals surface area contributed by atoms with Gasteiger partial charge in [-0.3, -0.25) is 4.79 Å². The number of ketones is 1. The number of hydrogen-bond acceptors (Lipinski definition) is 5. The summed E-state index contributed by atoms with van der Waals surface area (Å²) in [5, 5.41) is 0. The molecule has 0 fully saturated rings. The highest BCUT2D eigenvalue weighted by Gasteiger charge is 2.22. The normalized spacial score (nSPS) is 13.6. The number of nitrogens with one attached hydrogen (secondary N) is 1. The van der Waals surface area contributed by atoms with Gasteiger partial charge in [-0.05, 0) is 68.8 Å². The van der Waals surface area contributed by atoms with Crippen LogP contribution in [-0.2, 0) is 14.8 Å². The van der Waals surface area contributed by atoms with E-state index in [9.17, 15) is 22.4 Å². The predicted molar refractivity (Wildman–Crippen MR) is 102 cm³/mol. The highest BCUT2D eigenvalue weighted by molar-refractivity contribution is 7.89. The van der Waals surface area contributed by atoms with Crippen molar-refractivity contribution in [2.45, 2.75) is 44.2 Å². The average Bonchev–Trinajstić information content (AvgIpc) is 2.67. The van der Waals surface area contributed by atoms with Crippen LogP contribution >= 0.6 is 0 Å². The van der Waals surface area contributed by atoms with Crippen LogP contribution in [0.5, 0.6) is 0 Å². The number of hydrogen-bond donors (Lipinski definition) is 1. The summed E-state index contributed by atoms with van der Waals surface area (Å²) in [6.45, 7) is 5.03. The van der Waals surface area contributed by atoms with Gasteiger partial charge in [0.05, 0.1) is 10.5 Å². The average molecular weight is 407 g/mol. The lowest BCUT2D eigenvalue weighted by Crippen LogP contribution is -2.32. The molecule has 0 saturated heterocycles. The summed E-state index contributed by atoms with van der Waals surface area (Å²) in [5.41, 5.74) is 0.334. The Morgan fingerprint density at radius 1 is 1.00 bits per heavy atom. The molecular weight excluding hydrogens is 385 g/mol. The first-order chi connectivity index (χ1) is 13.1. The third-order valence-electron chi connectivity index (χ3n) is 4.15. The van der Waals surface area contributed by atoms with Crippen molar-refractivity contribution in [3.63, 3.8) is 0 Å². The second-order valence-corrected chi connectivity index (χ2v) is 8.09. The Morgan fingerprint density at radius 3 is 2.07 bits per heavy atom. The quantitative estimate of drug-likeness (QED) is 0.536. The molecule has 2 aromatic carbocycles. The van der Waals surface area contributed by atoms with Crippen molar-refractivity contribution in [3.05, 3.63) is 65.5 Å². The zero-order valence-electron chi connectivity index (χ0n) is 15.8. The number of halogens is 1. The number of rotatable bonds is 8. The Hall–Kier alpha value is -2.58. The van der Waals surface area contributed by atoms with E-state index in [4.69, 9.17) is 4.74 Å². The molecule has 28 heavy (non-hydrogen) atoms. The highest BCUT2D eigenvalue weighted by Crippen LogP contribution is 2.14. The Kier molecular flexibility index (Phi) is 7.04. The molecule has 0 spiro atoms. The summed E-state index contributed by atoms with van der Waals surface area (Å²) in [4.78, 5) is 24.5. The fraction of sp³-hybridized carbons (Fsp3) is 0.300. The summed E-state index contributed by atoms with van der Waals surface area (Å²) in [5.74, 6) is -1.70. The molecule has 150 valence electrons. The third-order valence-corrected chi connectivity index (χ3v) is 5.76. The summed E-state index contributed by atoms with van der Waals surface area (Å²) < 4.78 is 45.1. The molecule has 6 nitrogen and oxygen atoms in total. The highest BCUT2D eigenvalue weighted by atomic mass is 32.2. The molecule has 2 aromatic rings. The molecule has 2 atom stereocenters. The Morgan fingerprint density at radius 2 is 1.54 bits per heavy atom. The first kappa shape index (κ1) is 21.7. The van der Waals surface area contributed by atoms with Gasteiger partial charge < -0.3 is 4.74 Å². The molecule has 0 amide bonds. The fourth-order valence-electron chi connectivity index (χ4n) is 2.32. The maximum absolute atomic E-state index is 12.9. The van der Waals surface area contributed by atoms with Crippen LogP contribution in [0.4, 0.5) is 4.39 Å². The van der Waals surface area contributed by atoms with Crippen LogP contribution in [-0.4, -0.2) is 32.3 Å². The van der Waals surface area contributed by atoms with Crippen molar-refractivity contribution >= 4 is 21.8 Å². The van der Waals surface area contributed by atoms with E-state index in [0.717, 1.165) is 12.1 Å². The fourth-order valence-corrected chi connectivity index (χ4v) is 3.64. The summed E-state index contributed by atoms with van der Waals surface area (Å²) in [6.07, 6.45) is -0.433. The van der Waals surface area contributed by atoms with Gasteiger partial charge in [-0.15, -0.1) is 0 Å². The second-order valence-electron chi connectivity index (χ2n) is 6.37. The number of sulfonamides is 1. The molecule has 2 unspecified atom stereocenters. The monoisotopic (exact) mass is 407 g/mol. The maximum Gasteiger partial charge on any atom is 0.338 e. The van der Waals surface area contributed by atoms with Gasteiger partial charge in [0.15, 0.2) is 6.10 Å². The van der Waals surface area contributed by atoms with Gasteiger partial charge >= 0.3 is 5.97 Å². The van der Waals surface area contributed by atoms with E-state index in [2.05, 4.69) is 4.72 Å². The number of benzene rings is 2. The number of carbonyl (C=O) groups is 2. The topological polar surface area (TPSA) is 89.5 Å². The standard InChI is InChI=1S/C20H22FNO5S/c1-4-13(2)22-28(25,26)18-11-7-16(8-12-18)20(24)27-14(3)19(23)15-5-9-17(21)10-6-15/h5-14,22H,4H2,1-3H3. The first-order valence-corrected chi connectivity index (χ1v) is 10.3. The molecule has 0 aliphatic rings. The lowest BCUT2D eigenvalue weighted by molar-refractivity contribution is 0.0318. The minimum absolute atomic E-state index is 0.0276. The van der Waals surface area contributed by atoms with Crippen LogP contribution in [0.2, 0.25) is 0 Å². The minimum Gasteiger partial charge on any atom is -0.451 e. The molecule has 8 heteroatoms. The van der Waals surface area contributed by atoms with E-state index < -0.39 is 33.7 Å². The molecule has 0 aromatic heterocycles. The van der Waals surface area contributed by atoms with Gasteiger partial charge in [0, 0.05) is 11.6 Å². The van der Waals surface area contributed by atoms with Crippen LogP contribution in [0.25, 0.3) is 0 Å². The number of ether oxygens (including phenoxy) is 1. The number of esters is 1. The molecular formula is C20H22FNO5S. The summed E-state index contributed by atoms with van der Waals surface area (Å²) in [7, 11) is -3.68. The van der Waals surface area contributed by atoms with E-state index in [1.807, 2.05) is 6.92 Å². The van der Waals surface area contributed by atoms with Gasteiger partial charge in [-0.25, -0.2) is 22.3 Å². The van der Waals surface area contributed by atoms with E-state index in [1.165, 1.54) is 43.3 Å². The minimum atomic E-state index is -3.68. The summed E-state index contributed by atoms with van der Waals surface area (Å²) >= 11 is 0. The molecule has 0 aliphatic heterocycles. The third kappa shape index (κ3) is 5.46.